The molecule has 88 valence electrons. The second-order valence-corrected chi connectivity index (χ2v) is 3.68. The van der Waals surface area contributed by atoms with Crippen LogP contribution in [0.4, 0.5) is 4.39 Å². The largest absolute Gasteiger partial charge is 0.294 e. The lowest BCUT2D eigenvalue weighted by atomic mass is 10.1. The highest BCUT2D eigenvalue weighted by atomic mass is 19.1. The van der Waals surface area contributed by atoms with Crippen LogP contribution >= 0.6 is 0 Å². The van der Waals surface area contributed by atoms with Crippen LogP contribution in [0.1, 0.15) is 30.1 Å². The number of rotatable bonds is 4. The van der Waals surface area contributed by atoms with Crippen molar-refractivity contribution in [2.24, 2.45) is 0 Å². The summed E-state index contributed by atoms with van der Waals surface area (Å²) in [6.45, 7) is 1.95. The van der Waals surface area contributed by atoms with Crippen molar-refractivity contribution < 1.29 is 9.18 Å². The molecule has 0 aromatic carbocycles. The van der Waals surface area contributed by atoms with E-state index in [4.69, 9.17) is 0 Å². The maximum absolute atomic E-state index is 12.8. The first-order chi connectivity index (χ1) is 8.20. The summed E-state index contributed by atoms with van der Waals surface area (Å²) in [6, 6.07) is 3.33. The lowest BCUT2D eigenvalue weighted by molar-refractivity contribution is 0.0981. The zero-order chi connectivity index (χ0) is 12.3. The highest BCUT2D eigenvalue weighted by Gasteiger charge is 2.06. The van der Waals surface area contributed by atoms with E-state index in [1.165, 1.54) is 17.1 Å². The van der Waals surface area contributed by atoms with E-state index in [2.05, 4.69) is 10.1 Å². The summed E-state index contributed by atoms with van der Waals surface area (Å²) in [7, 11) is 0. The van der Waals surface area contributed by atoms with E-state index in [0.717, 1.165) is 12.6 Å². The molecule has 0 radical (unpaired) electrons. The van der Waals surface area contributed by atoms with Crippen LogP contribution in [0.3, 0.4) is 0 Å². The summed E-state index contributed by atoms with van der Waals surface area (Å²) in [4.78, 5) is 15.7. The average molecular weight is 233 g/mol. The van der Waals surface area contributed by atoms with Gasteiger partial charge in [-0.2, -0.15) is 5.10 Å². The van der Waals surface area contributed by atoms with E-state index in [1.807, 2.05) is 6.92 Å². The van der Waals surface area contributed by atoms with Gasteiger partial charge in [-0.15, -0.1) is 0 Å². The Morgan fingerprint density at radius 2 is 2.24 bits per heavy atom. The van der Waals surface area contributed by atoms with Crippen LogP contribution in [-0.2, 0) is 0 Å². The summed E-state index contributed by atoms with van der Waals surface area (Å²) in [5.74, 6) is 0.137. The topological polar surface area (TPSA) is 47.8 Å². The molecule has 0 N–H and O–H groups in total. The number of carbonyl (C=O) groups excluding carboxylic acids is 1. The molecule has 0 bridgehead atoms. The molecule has 0 atom stereocenters. The molecule has 0 unspecified atom stereocenters. The SMILES string of the molecule is CCCC(=O)c1ccc(-n2cc(F)cn2)nc1. The van der Waals surface area contributed by atoms with Gasteiger partial charge in [0.15, 0.2) is 17.4 Å². The van der Waals surface area contributed by atoms with Crippen LogP contribution in [0, 0.1) is 5.82 Å². The molecule has 17 heavy (non-hydrogen) atoms. The van der Waals surface area contributed by atoms with Gasteiger partial charge >= 0.3 is 0 Å². The molecular weight excluding hydrogens is 221 g/mol. The van der Waals surface area contributed by atoms with Gasteiger partial charge in [0.05, 0.1) is 12.4 Å². The van der Waals surface area contributed by atoms with Crippen molar-refractivity contribution in [3.63, 3.8) is 0 Å². The molecule has 5 heteroatoms. The first-order valence-corrected chi connectivity index (χ1v) is 5.40. The third-order valence-corrected chi connectivity index (χ3v) is 2.33. The van der Waals surface area contributed by atoms with E-state index in [0.29, 0.717) is 17.8 Å². The van der Waals surface area contributed by atoms with Crippen LogP contribution in [0.5, 0.6) is 0 Å². The van der Waals surface area contributed by atoms with Crippen molar-refractivity contribution >= 4 is 5.78 Å². The van der Waals surface area contributed by atoms with Gasteiger partial charge in [-0.25, -0.2) is 14.1 Å². The van der Waals surface area contributed by atoms with E-state index < -0.39 is 5.82 Å². The molecule has 0 amide bonds. The summed E-state index contributed by atoms with van der Waals surface area (Å²) < 4.78 is 14.1. The van der Waals surface area contributed by atoms with Crippen LogP contribution in [0.25, 0.3) is 5.82 Å². The van der Waals surface area contributed by atoms with Crippen LogP contribution < -0.4 is 0 Å². The van der Waals surface area contributed by atoms with Crippen molar-refractivity contribution in [1.29, 1.82) is 0 Å². The highest BCUT2D eigenvalue weighted by molar-refractivity contribution is 5.95. The normalized spacial score (nSPS) is 10.5. The van der Waals surface area contributed by atoms with Crippen molar-refractivity contribution in [3.8, 4) is 5.82 Å². The zero-order valence-electron chi connectivity index (χ0n) is 9.43. The second-order valence-electron chi connectivity index (χ2n) is 3.68. The Morgan fingerprint density at radius 3 is 2.76 bits per heavy atom. The maximum atomic E-state index is 12.8. The lowest BCUT2D eigenvalue weighted by Crippen LogP contribution is -2.02. The van der Waals surface area contributed by atoms with Crippen LogP contribution in [0.2, 0.25) is 0 Å². The number of ketones is 1. The zero-order valence-corrected chi connectivity index (χ0v) is 9.43. The van der Waals surface area contributed by atoms with Gasteiger partial charge in [0, 0.05) is 18.2 Å². The number of hydrogen-bond donors (Lipinski definition) is 0. The van der Waals surface area contributed by atoms with Crippen molar-refractivity contribution in [1.82, 2.24) is 14.8 Å². The molecule has 2 rings (SSSR count). The number of hydrogen-bond acceptors (Lipinski definition) is 3. The molecular formula is C12H12FN3O. The van der Waals surface area contributed by atoms with Gasteiger partial charge in [0.25, 0.3) is 0 Å². The van der Waals surface area contributed by atoms with Crippen molar-refractivity contribution in [3.05, 3.63) is 42.1 Å². The Balaban J connectivity index is 2.21. The Kier molecular flexibility index (Phi) is 3.27. The molecule has 0 aliphatic carbocycles. The van der Waals surface area contributed by atoms with Gasteiger partial charge in [-0.1, -0.05) is 6.92 Å². The van der Waals surface area contributed by atoms with E-state index in [-0.39, 0.29) is 5.78 Å². The third-order valence-electron chi connectivity index (χ3n) is 2.33. The number of pyridine rings is 1. The smallest absolute Gasteiger partial charge is 0.164 e. The maximum Gasteiger partial charge on any atom is 0.164 e. The molecule has 0 aliphatic rings. The number of Topliss-reactive ketones (excluding diaryl/α,β-unsaturated/α-hetero) is 1. The summed E-state index contributed by atoms with van der Waals surface area (Å²) >= 11 is 0. The Labute approximate surface area is 98.1 Å². The van der Waals surface area contributed by atoms with E-state index >= 15 is 0 Å². The van der Waals surface area contributed by atoms with Gasteiger partial charge < -0.3 is 0 Å². The first-order valence-electron chi connectivity index (χ1n) is 5.40. The minimum Gasteiger partial charge on any atom is -0.294 e. The van der Waals surface area contributed by atoms with Crippen LogP contribution in [0.15, 0.2) is 30.7 Å². The fourth-order valence-corrected chi connectivity index (χ4v) is 1.48. The molecule has 2 aromatic heterocycles. The van der Waals surface area contributed by atoms with E-state index in [1.54, 1.807) is 12.1 Å². The predicted molar refractivity (Wildman–Crippen MR) is 60.6 cm³/mol. The fraction of sp³-hybridized carbons (Fsp3) is 0.250. The quantitative estimate of drug-likeness (QED) is 0.762. The summed E-state index contributed by atoms with van der Waals surface area (Å²) in [5.41, 5.74) is 0.572. The monoisotopic (exact) mass is 233 g/mol. The molecule has 0 saturated carbocycles. The molecule has 0 aliphatic heterocycles. The third kappa shape index (κ3) is 2.55. The minimum atomic E-state index is -0.419. The van der Waals surface area contributed by atoms with Crippen molar-refractivity contribution in [2.45, 2.75) is 19.8 Å². The van der Waals surface area contributed by atoms with E-state index in [9.17, 15) is 9.18 Å². The Hall–Kier alpha value is -2.04. The average Bonchev–Trinajstić information content (AvgIpc) is 2.76. The number of aromatic nitrogens is 3. The van der Waals surface area contributed by atoms with Gasteiger partial charge in [-0.3, -0.25) is 4.79 Å². The first kappa shape index (κ1) is 11.4. The minimum absolute atomic E-state index is 0.0678. The predicted octanol–water partition coefficient (Wildman–Crippen LogP) is 2.39. The molecule has 0 fully saturated rings. The molecule has 2 aromatic rings. The van der Waals surface area contributed by atoms with Crippen LogP contribution in [-0.4, -0.2) is 20.5 Å². The lowest BCUT2D eigenvalue weighted by Gasteiger charge is -2.01. The molecule has 0 spiro atoms. The van der Waals surface area contributed by atoms with Crippen molar-refractivity contribution in [2.75, 3.05) is 0 Å². The highest BCUT2D eigenvalue weighted by Crippen LogP contribution is 2.08. The van der Waals surface area contributed by atoms with Gasteiger partial charge in [0.2, 0.25) is 0 Å². The number of nitrogens with zero attached hydrogens (tertiary/aromatic N) is 3. The van der Waals surface area contributed by atoms with Gasteiger partial charge in [0.1, 0.15) is 0 Å². The molecule has 4 nitrogen and oxygen atoms in total. The Bertz CT molecular complexity index is 519. The Morgan fingerprint density at radius 1 is 1.41 bits per heavy atom. The standard InChI is InChI=1S/C12H12FN3O/c1-2-3-11(17)9-4-5-12(14-6-9)16-8-10(13)7-15-16/h4-8H,2-3H2,1H3. The summed E-state index contributed by atoms with van der Waals surface area (Å²) in [5, 5.41) is 3.79. The van der Waals surface area contributed by atoms with Gasteiger partial charge in [-0.05, 0) is 18.6 Å². The molecule has 0 saturated heterocycles. The second kappa shape index (κ2) is 4.86. The number of halogens is 1. The molecule has 2 heterocycles. The summed E-state index contributed by atoms with van der Waals surface area (Å²) in [6.07, 6.45) is 5.16. The fourth-order valence-electron chi connectivity index (χ4n) is 1.48. The number of carbonyl (C=O) groups is 1.